The van der Waals surface area contributed by atoms with Gasteiger partial charge in [-0.05, 0) is 67.2 Å². The minimum absolute atomic E-state index is 0.191. The van der Waals surface area contributed by atoms with Gasteiger partial charge in [-0.3, -0.25) is 4.79 Å². The minimum atomic E-state index is 0.191. The number of halogens is 1. The number of carbonyl (C=O) groups excluding carboxylic acids is 1. The molecule has 1 amide bonds. The van der Waals surface area contributed by atoms with Gasteiger partial charge >= 0.3 is 0 Å². The highest BCUT2D eigenvalue weighted by molar-refractivity contribution is 9.11. The molecule has 3 nitrogen and oxygen atoms in total. The Bertz CT molecular complexity index is 421. The summed E-state index contributed by atoms with van der Waals surface area (Å²) in [5.41, 5.74) is 0. The van der Waals surface area contributed by atoms with Crippen molar-refractivity contribution in [2.75, 3.05) is 6.54 Å². The lowest BCUT2D eigenvalue weighted by molar-refractivity contribution is -0.122. The van der Waals surface area contributed by atoms with Gasteiger partial charge in [0.05, 0.1) is 3.79 Å². The van der Waals surface area contributed by atoms with Crippen molar-refractivity contribution in [2.45, 2.75) is 51.1 Å². The maximum Gasteiger partial charge on any atom is 0.220 e. The average Bonchev–Trinajstić information content (AvgIpc) is 2.78. The van der Waals surface area contributed by atoms with E-state index in [9.17, 15) is 4.79 Å². The van der Waals surface area contributed by atoms with Crippen LogP contribution in [-0.4, -0.2) is 24.5 Å². The van der Waals surface area contributed by atoms with Gasteiger partial charge in [-0.2, -0.15) is 0 Å². The number of nitrogens with one attached hydrogen (secondary N) is 2. The predicted molar refractivity (Wildman–Crippen MR) is 83.6 cm³/mol. The SMILES string of the molecule is CC1NCCCC1NC(=O)CCCc1ccc(Br)s1. The largest absolute Gasteiger partial charge is 0.352 e. The molecule has 1 fully saturated rings. The van der Waals surface area contributed by atoms with Crippen molar-refractivity contribution in [3.63, 3.8) is 0 Å². The highest BCUT2D eigenvalue weighted by Gasteiger charge is 2.21. The second-order valence-corrected chi connectivity index (χ2v) is 7.67. The quantitative estimate of drug-likeness (QED) is 0.861. The van der Waals surface area contributed by atoms with Crippen molar-refractivity contribution in [1.29, 1.82) is 0 Å². The summed E-state index contributed by atoms with van der Waals surface area (Å²) in [7, 11) is 0. The van der Waals surface area contributed by atoms with E-state index in [1.807, 2.05) is 0 Å². The number of carbonyl (C=O) groups is 1. The van der Waals surface area contributed by atoms with E-state index in [-0.39, 0.29) is 5.91 Å². The lowest BCUT2D eigenvalue weighted by atomic mass is 9.99. The molecule has 0 radical (unpaired) electrons. The Labute approximate surface area is 127 Å². The highest BCUT2D eigenvalue weighted by atomic mass is 79.9. The second kappa shape index (κ2) is 7.41. The Morgan fingerprint density at radius 3 is 3.11 bits per heavy atom. The zero-order valence-corrected chi connectivity index (χ0v) is 13.6. The van der Waals surface area contributed by atoms with Gasteiger partial charge in [-0.25, -0.2) is 0 Å². The van der Waals surface area contributed by atoms with Crippen molar-refractivity contribution in [3.05, 3.63) is 20.8 Å². The highest BCUT2D eigenvalue weighted by Crippen LogP contribution is 2.23. The van der Waals surface area contributed by atoms with Crippen LogP contribution in [0.25, 0.3) is 0 Å². The van der Waals surface area contributed by atoms with Crippen molar-refractivity contribution in [3.8, 4) is 0 Å². The lowest BCUT2D eigenvalue weighted by Crippen LogP contribution is -2.51. The number of amides is 1. The van der Waals surface area contributed by atoms with Crippen LogP contribution in [0.2, 0.25) is 0 Å². The van der Waals surface area contributed by atoms with Gasteiger partial charge in [-0.15, -0.1) is 11.3 Å². The molecule has 1 aliphatic rings. The Kier molecular flexibility index (Phi) is 5.85. The van der Waals surface area contributed by atoms with E-state index in [4.69, 9.17) is 0 Å². The normalized spacial score (nSPS) is 23.3. The monoisotopic (exact) mass is 344 g/mol. The van der Waals surface area contributed by atoms with Crippen LogP contribution in [0.1, 0.15) is 37.5 Å². The molecule has 2 unspecified atom stereocenters. The van der Waals surface area contributed by atoms with Crippen molar-refractivity contribution < 1.29 is 4.79 Å². The van der Waals surface area contributed by atoms with Gasteiger partial charge in [0, 0.05) is 23.4 Å². The van der Waals surface area contributed by atoms with Crippen LogP contribution in [0.3, 0.4) is 0 Å². The van der Waals surface area contributed by atoms with Crippen molar-refractivity contribution in [1.82, 2.24) is 10.6 Å². The van der Waals surface area contributed by atoms with Gasteiger partial charge in [0.2, 0.25) is 5.91 Å². The molecule has 0 aromatic carbocycles. The third kappa shape index (κ3) is 4.89. The molecule has 0 spiro atoms. The van der Waals surface area contributed by atoms with E-state index in [1.165, 1.54) is 4.88 Å². The molecule has 5 heteroatoms. The van der Waals surface area contributed by atoms with Crippen LogP contribution in [0.4, 0.5) is 0 Å². The Morgan fingerprint density at radius 2 is 2.42 bits per heavy atom. The smallest absolute Gasteiger partial charge is 0.220 e. The van der Waals surface area contributed by atoms with E-state index in [2.05, 4.69) is 45.6 Å². The molecule has 0 bridgehead atoms. The summed E-state index contributed by atoms with van der Waals surface area (Å²) in [5, 5.41) is 6.56. The third-order valence-electron chi connectivity index (χ3n) is 3.56. The molecule has 2 atom stereocenters. The van der Waals surface area contributed by atoms with Gasteiger partial charge in [0.1, 0.15) is 0 Å². The maximum atomic E-state index is 11.9. The van der Waals surface area contributed by atoms with E-state index in [0.717, 1.165) is 36.0 Å². The first-order valence-electron chi connectivity index (χ1n) is 6.92. The van der Waals surface area contributed by atoms with Gasteiger partial charge < -0.3 is 10.6 Å². The van der Waals surface area contributed by atoms with Crippen LogP contribution >= 0.6 is 27.3 Å². The molecular formula is C14H21BrN2OS. The van der Waals surface area contributed by atoms with E-state index >= 15 is 0 Å². The summed E-state index contributed by atoms with van der Waals surface area (Å²) >= 11 is 5.21. The van der Waals surface area contributed by atoms with Gasteiger partial charge in [-0.1, -0.05) is 0 Å². The molecule has 106 valence electrons. The number of hydrogen-bond acceptors (Lipinski definition) is 3. The zero-order valence-electron chi connectivity index (χ0n) is 11.2. The molecule has 2 rings (SSSR count). The molecule has 2 N–H and O–H groups in total. The molecular weight excluding hydrogens is 324 g/mol. The average molecular weight is 345 g/mol. The van der Waals surface area contributed by atoms with Crippen LogP contribution < -0.4 is 10.6 Å². The molecule has 0 aliphatic carbocycles. The number of rotatable bonds is 5. The summed E-state index contributed by atoms with van der Waals surface area (Å²) in [6.07, 6.45) is 4.78. The molecule has 1 saturated heterocycles. The lowest BCUT2D eigenvalue weighted by Gasteiger charge is -2.30. The maximum absolute atomic E-state index is 11.9. The topological polar surface area (TPSA) is 41.1 Å². The Hall–Kier alpha value is -0.390. The second-order valence-electron chi connectivity index (χ2n) is 5.12. The standard InChI is InChI=1S/C14H21BrN2OS/c1-10-12(5-3-9-16-10)17-14(18)6-2-4-11-7-8-13(15)19-11/h7-8,10,12,16H,2-6,9H2,1H3,(H,17,18). The summed E-state index contributed by atoms with van der Waals surface area (Å²) in [5.74, 6) is 0.191. The third-order valence-corrected chi connectivity index (χ3v) is 5.25. The summed E-state index contributed by atoms with van der Waals surface area (Å²) < 4.78 is 1.16. The molecule has 2 heterocycles. The Balaban J connectivity index is 1.66. The van der Waals surface area contributed by atoms with Crippen LogP contribution in [0.5, 0.6) is 0 Å². The van der Waals surface area contributed by atoms with Gasteiger partial charge in [0.25, 0.3) is 0 Å². The predicted octanol–water partition coefficient (Wildman–Crippen LogP) is 3.09. The fourth-order valence-corrected chi connectivity index (χ4v) is 3.95. The fourth-order valence-electron chi connectivity index (χ4n) is 2.43. The summed E-state index contributed by atoms with van der Waals surface area (Å²) in [6.45, 7) is 3.22. The van der Waals surface area contributed by atoms with Crippen LogP contribution in [0, 0.1) is 0 Å². The first kappa shape index (κ1) is 15.0. The van der Waals surface area contributed by atoms with Crippen molar-refractivity contribution >= 4 is 33.2 Å². The molecule has 1 aromatic heterocycles. The van der Waals surface area contributed by atoms with E-state index in [0.29, 0.717) is 18.5 Å². The minimum Gasteiger partial charge on any atom is -0.352 e. The van der Waals surface area contributed by atoms with E-state index in [1.54, 1.807) is 11.3 Å². The number of aryl methyl sites for hydroxylation is 1. The summed E-state index contributed by atoms with van der Waals surface area (Å²) in [6, 6.07) is 4.89. The first-order chi connectivity index (χ1) is 9.15. The zero-order chi connectivity index (χ0) is 13.7. The molecule has 0 saturated carbocycles. The Morgan fingerprint density at radius 1 is 1.58 bits per heavy atom. The molecule has 1 aliphatic heterocycles. The number of hydrogen-bond donors (Lipinski definition) is 2. The van der Waals surface area contributed by atoms with Crippen LogP contribution in [0.15, 0.2) is 15.9 Å². The number of thiophene rings is 1. The fraction of sp³-hybridized carbons (Fsp3) is 0.643. The van der Waals surface area contributed by atoms with E-state index < -0.39 is 0 Å². The van der Waals surface area contributed by atoms with Crippen LogP contribution in [-0.2, 0) is 11.2 Å². The number of piperidine rings is 1. The molecule has 19 heavy (non-hydrogen) atoms. The first-order valence-corrected chi connectivity index (χ1v) is 8.53. The van der Waals surface area contributed by atoms with Gasteiger partial charge in [0.15, 0.2) is 0 Å². The molecule has 1 aromatic rings. The summed E-state index contributed by atoms with van der Waals surface area (Å²) in [4.78, 5) is 13.2. The van der Waals surface area contributed by atoms with Crippen molar-refractivity contribution in [2.24, 2.45) is 0 Å².